The Morgan fingerprint density at radius 3 is 2.38 bits per heavy atom. The zero-order valence-electron chi connectivity index (χ0n) is 9.24. The smallest absolute Gasteiger partial charge is 0.317 e. The van der Waals surface area contributed by atoms with Crippen LogP contribution in [0.4, 0.5) is 8.78 Å². The van der Waals surface area contributed by atoms with E-state index in [0.29, 0.717) is 5.75 Å². The normalized spacial score (nSPS) is 11.6. The van der Waals surface area contributed by atoms with Crippen LogP contribution in [0.3, 0.4) is 0 Å². The Balaban J connectivity index is 2.65. The van der Waals surface area contributed by atoms with Crippen LogP contribution >= 0.6 is 0 Å². The lowest BCUT2D eigenvalue weighted by molar-refractivity contribution is -0.146. The molecule has 4 heteroatoms. The van der Waals surface area contributed by atoms with Crippen molar-refractivity contribution in [3.8, 4) is 5.75 Å². The van der Waals surface area contributed by atoms with Crippen LogP contribution in [0.5, 0.6) is 5.75 Å². The molecule has 2 nitrogen and oxygen atoms in total. The predicted octanol–water partition coefficient (Wildman–Crippen LogP) is 3.27. The van der Waals surface area contributed by atoms with Crippen molar-refractivity contribution in [2.24, 2.45) is 5.41 Å². The molecule has 88 valence electrons. The summed E-state index contributed by atoms with van der Waals surface area (Å²) in [5.41, 5.74) is -1.18. The lowest BCUT2D eigenvalue weighted by Gasteiger charge is -2.21. The summed E-state index contributed by atoms with van der Waals surface area (Å²) in [6.45, 7) is 2.90. The average molecular weight is 228 g/mol. The number of esters is 1. The first kappa shape index (κ1) is 12.6. The number of alkyl halides is 2. The van der Waals surface area contributed by atoms with Gasteiger partial charge in [0, 0.05) is 6.42 Å². The van der Waals surface area contributed by atoms with E-state index in [-0.39, 0.29) is 0 Å². The van der Waals surface area contributed by atoms with Gasteiger partial charge in [-0.25, -0.2) is 8.78 Å². The number of carbonyl (C=O) groups excluding carboxylic acids is 1. The molecule has 0 aromatic heterocycles. The van der Waals surface area contributed by atoms with Gasteiger partial charge in [-0.1, -0.05) is 18.2 Å². The molecule has 0 N–H and O–H groups in total. The highest BCUT2D eigenvalue weighted by Crippen LogP contribution is 2.27. The van der Waals surface area contributed by atoms with E-state index in [1.54, 1.807) is 30.3 Å². The van der Waals surface area contributed by atoms with Crippen LogP contribution in [-0.2, 0) is 4.79 Å². The van der Waals surface area contributed by atoms with Gasteiger partial charge in [-0.3, -0.25) is 4.79 Å². The van der Waals surface area contributed by atoms with E-state index in [1.807, 2.05) is 0 Å². The van der Waals surface area contributed by atoms with E-state index < -0.39 is 24.2 Å². The molecule has 0 atom stereocenters. The number of ether oxygens (including phenoxy) is 1. The van der Waals surface area contributed by atoms with Crippen LogP contribution < -0.4 is 4.74 Å². The summed E-state index contributed by atoms with van der Waals surface area (Å²) < 4.78 is 29.5. The Morgan fingerprint density at radius 1 is 1.31 bits per heavy atom. The molecular formula is C12H14F2O2. The molecule has 0 aliphatic rings. The van der Waals surface area contributed by atoms with E-state index in [4.69, 9.17) is 4.74 Å². The summed E-state index contributed by atoms with van der Waals surface area (Å²) in [4.78, 5) is 11.6. The van der Waals surface area contributed by atoms with Gasteiger partial charge in [-0.15, -0.1) is 0 Å². The standard InChI is InChI=1S/C12H14F2O2/c1-12(2,8-10(13)14)11(15)16-9-6-4-3-5-7-9/h3-7,10H,8H2,1-2H3. The topological polar surface area (TPSA) is 26.3 Å². The van der Waals surface area contributed by atoms with Crippen molar-refractivity contribution >= 4 is 5.97 Å². The van der Waals surface area contributed by atoms with Crippen LogP contribution in [-0.4, -0.2) is 12.4 Å². The third-order valence-corrected chi connectivity index (χ3v) is 2.17. The van der Waals surface area contributed by atoms with Crippen molar-refractivity contribution in [2.75, 3.05) is 0 Å². The number of hydrogen-bond acceptors (Lipinski definition) is 2. The Bertz CT molecular complexity index is 347. The maximum absolute atomic E-state index is 12.2. The minimum absolute atomic E-state index is 0.370. The number of halogens is 2. The highest BCUT2D eigenvalue weighted by atomic mass is 19.3. The lowest BCUT2D eigenvalue weighted by atomic mass is 9.90. The van der Waals surface area contributed by atoms with Gasteiger partial charge in [-0.2, -0.15) is 0 Å². The number of para-hydroxylation sites is 1. The summed E-state index contributed by atoms with van der Waals surface area (Å²) in [5, 5.41) is 0. The first-order valence-electron chi connectivity index (χ1n) is 4.97. The van der Waals surface area contributed by atoms with Gasteiger partial charge >= 0.3 is 5.97 Å². The van der Waals surface area contributed by atoms with E-state index in [1.165, 1.54) is 13.8 Å². The van der Waals surface area contributed by atoms with Gasteiger partial charge < -0.3 is 4.74 Å². The molecule has 0 spiro atoms. The van der Waals surface area contributed by atoms with Gasteiger partial charge in [0.1, 0.15) is 5.75 Å². The fourth-order valence-electron chi connectivity index (χ4n) is 1.20. The molecule has 16 heavy (non-hydrogen) atoms. The van der Waals surface area contributed by atoms with Crippen molar-refractivity contribution < 1.29 is 18.3 Å². The third kappa shape index (κ3) is 3.61. The quantitative estimate of drug-likeness (QED) is 0.584. The van der Waals surface area contributed by atoms with E-state index in [9.17, 15) is 13.6 Å². The molecule has 1 aromatic rings. The van der Waals surface area contributed by atoms with Gasteiger partial charge in [0.25, 0.3) is 0 Å². The van der Waals surface area contributed by atoms with Gasteiger partial charge in [0.2, 0.25) is 6.43 Å². The molecule has 0 bridgehead atoms. The summed E-state index contributed by atoms with van der Waals surface area (Å²) in [7, 11) is 0. The first-order valence-corrected chi connectivity index (χ1v) is 4.97. The van der Waals surface area contributed by atoms with Gasteiger partial charge in [0.15, 0.2) is 0 Å². The molecule has 1 aromatic carbocycles. The van der Waals surface area contributed by atoms with Gasteiger partial charge in [0.05, 0.1) is 5.41 Å². The molecule has 0 amide bonds. The highest BCUT2D eigenvalue weighted by Gasteiger charge is 2.33. The summed E-state index contributed by atoms with van der Waals surface area (Å²) in [6.07, 6.45) is -3.02. The largest absolute Gasteiger partial charge is 0.426 e. The van der Waals surface area contributed by atoms with Crippen molar-refractivity contribution in [3.63, 3.8) is 0 Å². The monoisotopic (exact) mass is 228 g/mol. The molecule has 0 unspecified atom stereocenters. The predicted molar refractivity (Wildman–Crippen MR) is 56.5 cm³/mol. The second-order valence-corrected chi connectivity index (χ2v) is 4.18. The van der Waals surface area contributed by atoms with Gasteiger partial charge in [-0.05, 0) is 26.0 Å². The van der Waals surface area contributed by atoms with Crippen LogP contribution in [0, 0.1) is 5.41 Å². The van der Waals surface area contributed by atoms with Crippen LogP contribution in [0.1, 0.15) is 20.3 Å². The van der Waals surface area contributed by atoms with Crippen LogP contribution in [0.25, 0.3) is 0 Å². The molecule has 1 rings (SSSR count). The number of benzene rings is 1. The third-order valence-electron chi connectivity index (χ3n) is 2.17. The zero-order chi connectivity index (χ0) is 12.2. The molecule has 0 saturated heterocycles. The van der Waals surface area contributed by atoms with Crippen LogP contribution in [0.2, 0.25) is 0 Å². The summed E-state index contributed by atoms with van der Waals surface area (Å²) in [6, 6.07) is 8.42. The first-order chi connectivity index (χ1) is 7.42. The Kier molecular flexibility index (Phi) is 3.99. The Morgan fingerprint density at radius 2 is 1.88 bits per heavy atom. The fraction of sp³-hybridized carbons (Fsp3) is 0.417. The van der Waals surface area contributed by atoms with Crippen molar-refractivity contribution in [2.45, 2.75) is 26.7 Å². The van der Waals surface area contributed by atoms with Crippen molar-refractivity contribution in [1.82, 2.24) is 0 Å². The minimum atomic E-state index is -2.52. The fourth-order valence-corrected chi connectivity index (χ4v) is 1.20. The maximum Gasteiger partial charge on any atom is 0.317 e. The average Bonchev–Trinajstić information content (AvgIpc) is 2.17. The van der Waals surface area contributed by atoms with E-state index in [2.05, 4.69) is 0 Å². The lowest BCUT2D eigenvalue weighted by Crippen LogP contribution is -2.31. The van der Waals surface area contributed by atoms with Crippen molar-refractivity contribution in [3.05, 3.63) is 30.3 Å². The van der Waals surface area contributed by atoms with E-state index >= 15 is 0 Å². The van der Waals surface area contributed by atoms with Crippen molar-refractivity contribution in [1.29, 1.82) is 0 Å². The summed E-state index contributed by atoms with van der Waals surface area (Å²) in [5.74, 6) is -0.270. The summed E-state index contributed by atoms with van der Waals surface area (Å²) >= 11 is 0. The van der Waals surface area contributed by atoms with Crippen LogP contribution in [0.15, 0.2) is 30.3 Å². The van der Waals surface area contributed by atoms with E-state index in [0.717, 1.165) is 0 Å². The zero-order valence-corrected chi connectivity index (χ0v) is 9.24. The molecule has 0 saturated carbocycles. The number of hydrogen-bond donors (Lipinski definition) is 0. The molecule has 0 heterocycles. The highest BCUT2D eigenvalue weighted by molar-refractivity contribution is 5.78. The Labute approximate surface area is 93.2 Å². The second kappa shape index (κ2) is 5.05. The SMILES string of the molecule is CC(C)(CC(F)F)C(=O)Oc1ccccc1. The molecule has 0 aliphatic carbocycles. The second-order valence-electron chi connectivity index (χ2n) is 4.18. The molecule has 0 fully saturated rings. The molecule has 0 radical (unpaired) electrons. The minimum Gasteiger partial charge on any atom is -0.426 e. The molecular weight excluding hydrogens is 214 g/mol. The number of carbonyl (C=O) groups is 1. The Hall–Kier alpha value is -1.45. The number of rotatable bonds is 4. The maximum atomic E-state index is 12.2. The molecule has 0 aliphatic heterocycles.